The van der Waals surface area contributed by atoms with Crippen LogP contribution in [0.15, 0.2) is 48.5 Å². The largest absolute Gasteiger partial charge is 0.387 e. The Morgan fingerprint density at radius 3 is 2.33 bits per heavy atom. The number of carbonyl (C=O) groups excluding carboxylic acids is 1. The van der Waals surface area contributed by atoms with Crippen molar-refractivity contribution in [3.05, 3.63) is 64.1 Å². The zero-order chi connectivity index (χ0) is 15.2. The molecule has 0 aliphatic carbocycles. The van der Waals surface area contributed by atoms with Crippen molar-refractivity contribution in [3.8, 4) is 0 Å². The van der Waals surface area contributed by atoms with E-state index in [0.29, 0.717) is 15.7 Å². The van der Waals surface area contributed by atoms with E-state index in [2.05, 4.69) is 10.6 Å². The molecule has 1 atom stereocenters. The summed E-state index contributed by atoms with van der Waals surface area (Å²) in [6, 6.07) is 13.4. The summed E-state index contributed by atoms with van der Waals surface area (Å²) >= 11 is 11.7. The van der Waals surface area contributed by atoms with Crippen molar-refractivity contribution < 1.29 is 9.90 Å². The normalized spacial score (nSPS) is 11.8. The quantitative estimate of drug-likeness (QED) is 0.800. The van der Waals surface area contributed by atoms with Gasteiger partial charge in [0.2, 0.25) is 0 Å². The number of carbonyl (C=O) groups is 1. The lowest BCUT2D eigenvalue weighted by molar-refractivity contribution is 0.175. The molecule has 2 aromatic carbocycles. The monoisotopic (exact) mass is 324 g/mol. The summed E-state index contributed by atoms with van der Waals surface area (Å²) in [6.07, 6.45) is -0.764. The highest BCUT2D eigenvalue weighted by molar-refractivity contribution is 6.35. The first kappa shape index (κ1) is 15.6. The standard InChI is InChI=1S/C15H14Cl2N2O2/c16-11-6-12(17)8-13(7-11)19-15(21)18-9-14(20)10-4-2-1-3-5-10/h1-8,14,20H,9H2,(H2,18,19,21). The third kappa shape index (κ3) is 4.93. The summed E-state index contributed by atoms with van der Waals surface area (Å²) in [6.45, 7) is 0.101. The van der Waals surface area contributed by atoms with Gasteiger partial charge in [-0.2, -0.15) is 0 Å². The Bertz CT molecular complexity index is 600. The highest BCUT2D eigenvalue weighted by Gasteiger charge is 2.09. The molecule has 21 heavy (non-hydrogen) atoms. The van der Waals surface area contributed by atoms with Crippen LogP contribution in [-0.4, -0.2) is 17.7 Å². The summed E-state index contributed by atoms with van der Waals surface area (Å²) < 4.78 is 0. The highest BCUT2D eigenvalue weighted by atomic mass is 35.5. The zero-order valence-electron chi connectivity index (χ0n) is 11.0. The van der Waals surface area contributed by atoms with E-state index in [1.165, 1.54) is 0 Å². The maximum absolute atomic E-state index is 11.8. The minimum atomic E-state index is -0.764. The summed E-state index contributed by atoms with van der Waals surface area (Å²) in [5.74, 6) is 0. The highest BCUT2D eigenvalue weighted by Crippen LogP contribution is 2.22. The van der Waals surface area contributed by atoms with Crippen molar-refractivity contribution in [1.29, 1.82) is 0 Å². The molecule has 0 heterocycles. The molecule has 6 heteroatoms. The molecule has 3 N–H and O–H groups in total. The molecule has 0 radical (unpaired) electrons. The molecule has 2 amide bonds. The minimum Gasteiger partial charge on any atom is -0.387 e. The average molecular weight is 325 g/mol. The Balaban J connectivity index is 1.87. The van der Waals surface area contributed by atoms with Crippen molar-refractivity contribution in [2.75, 3.05) is 11.9 Å². The second kappa shape index (κ2) is 7.31. The van der Waals surface area contributed by atoms with Crippen LogP contribution in [0.1, 0.15) is 11.7 Å². The number of benzene rings is 2. The predicted octanol–water partition coefficient (Wildman–Crippen LogP) is 3.85. The van der Waals surface area contributed by atoms with Crippen molar-refractivity contribution in [2.24, 2.45) is 0 Å². The molecular formula is C15H14Cl2N2O2. The lowest BCUT2D eigenvalue weighted by Gasteiger charge is -2.13. The van der Waals surface area contributed by atoms with E-state index in [-0.39, 0.29) is 6.54 Å². The number of anilines is 1. The lowest BCUT2D eigenvalue weighted by atomic mass is 10.1. The van der Waals surface area contributed by atoms with Gasteiger partial charge >= 0.3 is 6.03 Å². The molecule has 0 aromatic heterocycles. The van der Waals surface area contributed by atoms with Gasteiger partial charge in [-0.3, -0.25) is 0 Å². The van der Waals surface area contributed by atoms with Gasteiger partial charge in [-0.05, 0) is 23.8 Å². The van der Waals surface area contributed by atoms with Crippen LogP contribution in [0.5, 0.6) is 0 Å². The summed E-state index contributed by atoms with van der Waals surface area (Å²) in [5.41, 5.74) is 1.22. The van der Waals surface area contributed by atoms with Crippen LogP contribution < -0.4 is 10.6 Å². The Hall–Kier alpha value is -1.75. The van der Waals surface area contributed by atoms with E-state index in [1.54, 1.807) is 30.3 Å². The Morgan fingerprint density at radius 2 is 1.71 bits per heavy atom. The fourth-order valence-electron chi connectivity index (χ4n) is 1.78. The van der Waals surface area contributed by atoms with Crippen LogP contribution in [0.4, 0.5) is 10.5 Å². The zero-order valence-corrected chi connectivity index (χ0v) is 12.5. The fourth-order valence-corrected chi connectivity index (χ4v) is 2.31. The molecule has 0 aliphatic rings. The van der Waals surface area contributed by atoms with Crippen LogP contribution in [-0.2, 0) is 0 Å². The molecule has 0 saturated carbocycles. The van der Waals surface area contributed by atoms with Gasteiger partial charge in [-0.25, -0.2) is 4.79 Å². The summed E-state index contributed by atoms with van der Waals surface area (Å²) in [4.78, 5) is 11.8. The van der Waals surface area contributed by atoms with E-state index in [4.69, 9.17) is 23.2 Å². The molecule has 1 unspecified atom stereocenters. The fraction of sp³-hybridized carbons (Fsp3) is 0.133. The SMILES string of the molecule is O=C(NCC(O)c1ccccc1)Nc1cc(Cl)cc(Cl)c1. The number of urea groups is 1. The van der Waals surface area contributed by atoms with Gasteiger partial charge in [-0.15, -0.1) is 0 Å². The van der Waals surface area contributed by atoms with Crippen LogP contribution in [0, 0.1) is 0 Å². The number of halogens is 2. The van der Waals surface area contributed by atoms with E-state index >= 15 is 0 Å². The molecule has 0 aliphatic heterocycles. The third-order valence-corrected chi connectivity index (χ3v) is 3.20. The number of hydrogen-bond acceptors (Lipinski definition) is 2. The number of rotatable bonds is 4. The predicted molar refractivity (Wildman–Crippen MR) is 84.9 cm³/mol. The maximum atomic E-state index is 11.8. The first-order chi connectivity index (χ1) is 10.0. The molecule has 2 rings (SSSR count). The molecule has 2 aromatic rings. The van der Waals surface area contributed by atoms with E-state index in [9.17, 15) is 9.90 Å². The molecule has 110 valence electrons. The van der Waals surface area contributed by atoms with Gasteiger partial charge < -0.3 is 15.7 Å². The lowest BCUT2D eigenvalue weighted by Crippen LogP contribution is -2.32. The van der Waals surface area contributed by atoms with Gasteiger partial charge in [0.25, 0.3) is 0 Å². The number of aliphatic hydroxyl groups excluding tert-OH is 1. The third-order valence-electron chi connectivity index (χ3n) is 2.76. The molecule has 0 saturated heterocycles. The van der Waals surface area contributed by atoms with Crippen molar-refractivity contribution in [1.82, 2.24) is 5.32 Å². The van der Waals surface area contributed by atoms with Gasteiger partial charge in [0.1, 0.15) is 0 Å². The van der Waals surface area contributed by atoms with Gasteiger partial charge in [0.15, 0.2) is 0 Å². The van der Waals surface area contributed by atoms with Crippen molar-refractivity contribution in [3.63, 3.8) is 0 Å². The molecule has 4 nitrogen and oxygen atoms in total. The van der Waals surface area contributed by atoms with Gasteiger partial charge in [0, 0.05) is 22.3 Å². The number of nitrogens with one attached hydrogen (secondary N) is 2. The average Bonchev–Trinajstić information content (AvgIpc) is 2.44. The van der Waals surface area contributed by atoms with E-state index in [0.717, 1.165) is 5.56 Å². The van der Waals surface area contributed by atoms with Crippen LogP contribution in [0.25, 0.3) is 0 Å². The first-order valence-corrected chi connectivity index (χ1v) is 7.04. The minimum absolute atomic E-state index is 0.101. The molecular weight excluding hydrogens is 311 g/mol. The summed E-state index contributed by atoms with van der Waals surface area (Å²) in [7, 11) is 0. The number of amides is 2. The topological polar surface area (TPSA) is 61.4 Å². The second-order valence-electron chi connectivity index (χ2n) is 4.42. The number of aliphatic hydroxyl groups is 1. The van der Waals surface area contributed by atoms with Crippen molar-refractivity contribution in [2.45, 2.75) is 6.10 Å². The van der Waals surface area contributed by atoms with E-state index in [1.807, 2.05) is 18.2 Å². The first-order valence-electron chi connectivity index (χ1n) is 6.28. The molecule has 0 fully saturated rings. The van der Waals surface area contributed by atoms with Gasteiger partial charge in [0.05, 0.1) is 6.10 Å². The van der Waals surface area contributed by atoms with Crippen molar-refractivity contribution >= 4 is 34.9 Å². The maximum Gasteiger partial charge on any atom is 0.319 e. The molecule has 0 spiro atoms. The summed E-state index contributed by atoms with van der Waals surface area (Å²) in [5, 5.41) is 16.0. The molecule has 0 bridgehead atoms. The second-order valence-corrected chi connectivity index (χ2v) is 5.29. The number of hydrogen-bond donors (Lipinski definition) is 3. The smallest absolute Gasteiger partial charge is 0.319 e. The van der Waals surface area contributed by atoms with Gasteiger partial charge in [-0.1, -0.05) is 53.5 Å². The Kier molecular flexibility index (Phi) is 5.44. The van der Waals surface area contributed by atoms with Crippen LogP contribution in [0.3, 0.4) is 0 Å². The van der Waals surface area contributed by atoms with Crippen LogP contribution >= 0.6 is 23.2 Å². The Labute approximate surface area is 132 Å². The van der Waals surface area contributed by atoms with E-state index < -0.39 is 12.1 Å². The Morgan fingerprint density at radius 1 is 1.10 bits per heavy atom. The van der Waals surface area contributed by atoms with Crippen LogP contribution in [0.2, 0.25) is 10.0 Å².